The number of rotatable bonds is 6. The zero-order valence-electron chi connectivity index (χ0n) is 11.3. The van der Waals surface area contributed by atoms with Gasteiger partial charge in [0.05, 0.1) is 17.9 Å². The minimum absolute atomic E-state index is 0.114. The molecule has 0 saturated heterocycles. The smallest absolute Gasteiger partial charge is 0.248 e. The number of hydrogen-bond donors (Lipinski definition) is 3. The molecule has 0 fully saturated rings. The van der Waals surface area contributed by atoms with E-state index in [0.717, 1.165) is 6.42 Å². The number of nitrogens with one attached hydrogen (secondary N) is 1. The van der Waals surface area contributed by atoms with Gasteiger partial charge in [0.2, 0.25) is 11.8 Å². The molecule has 0 aliphatic carbocycles. The van der Waals surface area contributed by atoms with Crippen molar-refractivity contribution in [3.05, 3.63) is 23.8 Å². The third-order valence-electron chi connectivity index (χ3n) is 2.76. The fourth-order valence-corrected chi connectivity index (χ4v) is 1.78. The van der Waals surface area contributed by atoms with Crippen LogP contribution in [0.1, 0.15) is 23.7 Å². The topological polar surface area (TPSA) is 101 Å². The minimum Gasteiger partial charge on any atom is -0.397 e. The fourth-order valence-electron chi connectivity index (χ4n) is 1.78. The Bertz CT molecular complexity index is 474. The van der Waals surface area contributed by atoms with Crippen LogP contribution in [0.15, 0.2) is 18.2 Å². The lowest BCUT2D eigenvalue weighted by Crippen LogP contribution is -2.36. The molecule has 0 unspecified atom stereocenters. The standard InChI is InChI=1S/C13H20N4O2/c1-3-6-17(8-12(18)16-2)11-7-9(13(15)19)4-5-10(11)14/h4-5,7H,3,6,8,14H2,1-2H3,(H2,15,19)(H,16,18). The summed E-state index contributed by atoms with van der Waals surface area (Å²) in [6.45, 7) is 2.86. The zero-order chi connectivity index (χ0) is 14.4. The SMILES string of the molecule is CCCN(CC(=O)NC)c1cc(C(N)=O)ccc1N. The summed E-state index contributed by atoms with van der Waals surface area (Å²) in [7, 11) is 1.58. The molecule has 1 rings (SSSR count). The van der Waals surface area contributed by atoms with Gasteiger partial charge in [0, 0.05) is 19.2 Å². The first-order valence-electron chi connectivity index (χ1n) is 6.14. The molecule has 0 atom stereocenters. The van der Waals surface area contributed by atoms with E-state index in [2.05, 4.69) is 5.32 Å². The number of nitrogens with zero attached hydrogens (tertiary/aromatic N) is 1. The molecular formula is C13H20N4O2. The number of primary amides is 1. The van der Waals surface area contributed by atoms with E-state index in [1.54, 1.807) is 25.2 Å². The Morgan fingerprint density at radius 3 is 2.58 bits per heavy atom. The summed E-state index contributed by atoms with van der Waals surface area (Å²) in [5.41, 5.74) is 12.7. The van der Waals surface area contributed by atoms with Crippen LogP contribution < -0.4 is 21.7 Å². The molecule has 0 spiro atoms. The summed E-state index contributed by atoms with van der Waals surface area (Å²) in [4.78, 5) is 24.6. The van der Waals surface area contributed by atoms with Crippen LogP contribution in [0.4, 0.5) is 11.4 Å². The predicted octanol–water partition coefficient (Wildman–Crippen LogP) is 0.330. The third kappa shape index (κ3) is 3.87. The van der Waals surface area contributed by atoms with Crippen molar-refractivity contribution in [3.8, 4) is 0 Å². The first kappa shape index (κ1) is 14.8. The van der Waals surface area contributed by atoms with Gasteiger partial charge in [-0.1, -0.05) is 6.92 Å². The van der Waals surface area contributed by atoms with Crippen LogP contribution in [0.3, 0.4) is 0 Å². The summed E-state index contributed by atoms with van der Waals surface area (Å²) >= 11 is 0. The predicted molar refractivity (Wildman–Crippen MR) is 75.9 cm³/mol. The lowest BCUT2D eigenvalue weighted by atomic mass is 10.1. The Balaban J connectivity index is 3.09. The van der Waals surface area contributed by atoms with Crippen LogP contribution in [0, 0.1) is 0 Å². The monoisotopic (exact) mass is 264 g/mol. The molecule has 0 saturated carbocycles. The van der Waals surface area contributed by atoms with E-state index >= 15 is 0 Å². The zero-order valence-corrected chi connectivity index (χ0v) is 11.3. The van der Waals surface area contributed by atoms with Gasteiger partial charge in [-0.15, -0.1) is 0 Å². The first-order chi connectivity index (χ1) is 8.99. The van der Waals surface area contributed by atoms with E-state index in [9.17, 15) is 9.59 Å². The highest BCUT2D eigenvalue weighted by molar-refractivity contribution is 5.95. The molecule has 5 N–H and O–H groups in total. The van der Waals surface area contributed by atoms with Gasteiger partial charge < -0.3 is 21.7 Å². The maximum atomic E-state index is 11.5. The van der Waals surface area contributed by atoms with Crippen LogP contribution >= 0.6 is 0 Å². The average molecular weight is 264 g/mol. The molecule has 0 radical (unpaired) electrons. The molecule has 104 valence electrons. The fraction of sp³-hybridized carbons (Fsp3) is 0.385. The van der Waals surface area contributed by atoms with Gasteiger partial charge in [0.25, 0.3) is 0 Å². The van der Waals surface area contributed by atoms with Crippen LogP contribution in [0.2, 0.25) is 0 Å². The van der Waals surface area contributed by atoms with Crippen LogP contribution in [0.25, 0.3) is 0 Å². The summed E-state index contributed by atoms with van der Waals surface area (Å²) < 4.78 is 0. The van der Waals surface area contributed by atoms with Crippen molar-refractivity contribution in [2.24, 2.45) is 5.73 Å². The number of hydrogen-bond acceptors (Lipinski definition) is 4. The van der Waals surface area contributed by atoms with Gasteiger partial charge in [-0.2, -0.15) is 0 Å². The summed E-state index contributed by atoms with van der Waals surface area (Å²) in [6.07, 6.45) is 0.858. The minimum atomic E-state index is -0.516. The lowest BCUT2D eigenvalue weighted by molar-refractivity contribution is -0.119. The number of carbonyl (C=O) groups is 2. The third-order valence-corrected chi connectivity index (χ3v) is 2.76. The molecule has 0 aliphatic heterocycles. The second-order valence-electron chi connectivity index (χ2n) is 4.23. The van der Waals surface area contributed by atoms with Crippen molar-refractivity contribution in [2.45, 2.75) is 13.3 Å². The molecule has 0 heterocycles. The molecule has 1 aromatic carbocycles. The quantitative estimate of drug-likeness (QED) is 0.644. The van der Waals surface area contributed by atoms with Gasteiger partial charge in [-0.3, -0.25) is 9.59 Å². The summed E-state index contributed by atoms with van der Waals surface area (Å²) in [6, 6.07) is 4.82. The number of amides is 2. The van der Waals surface area contributed by atoms with E-state index in [-0.39, 0.29) is 12.5 Å². The molecule has 6 nitrogen and oxygen atoms in total. The summed E-state index contributed by atoms with van der Waals surface area (Å²) in [5, 5.41) is 2.57. The molecule has 0 aliphatic rings. The Morgan fingerprint density at radius 1 is 1.37 bits per heavy atom. The molecule has 0 bridgehead atoms. The molecule has 2 amide bonds. The number of likely N-dealkylation sites (N-methyl/N-ethyl adjacent to an activating group) is 1. The normalized spacial score (nSPS) is 10.0. The number of nitrogens with two attached hydrogens (primary N) is 2. The van der Waals surface area contributed by atoms with Gasteiger partial charge in [-0.05, 0) is 24.6 Å². The Labute approximate surface area is 112 Å². The Kier molecular flexibility index (Phi) is 5.17. The van der Waals surface area contributed by atoms with Crippen molar-refractivity contribution in [1.82, 2.24) is 5.32 Å². The molecular weight excluding hydrogens is 244 g/mol. The van der Waals surface area contributed by atoms with E-state index in [1.165, 1.54) is 0 Å². The van der Waals surface area contributed by atoms with Gasteiger partial charge in [0.1, 0.15) is 0 Å². The Hall–Kier alpha value is -2.24. The van der Waals surface area contributed by atoms with Crippen molar-refractivity contribution >= 4 is 23.2 Å². The van der Waals surface area contributed by atoms with Crippen molar-refractivity contribution < 1.29 is 9.59 Å². The number of benzene rings is 1. The highest BCUT2D eigenvalue weighted by Crippen LogP contribution is 2.24. The molecule has 1 aromatic rings. The van der Waals surface area contributed by atoms with Crippen LogP contribution in [-0.4, -0.2) is 32.0 Å². The Morgan fingerprint density at radius 2 is 2.05 bits per heavy atom. The van der Waals surface area contributed by atoms with Crippen LogP contribution in [0.5, 0.6) is 0 Å². The second kappa shape index (κ2) is 6.63. The van der Waals surface area contributed by atoms with E-state index in [1.807, 2.05) is 11.8 Å². The second-order valence-corrected chi connectivity index (χ2v) is 4.23. The highest BCUT2D eigenvalue weighted by atomic mass is 16.2. The van der Waals surface area contributed by atoms with Crippen LogP contribution in [-0.2, 0) is 4.79 Å². The van der Waals surface area contributed by atoms with E-state index in [0.29, 0.717) is 23.5 Å². The molecule has 6 heteroatoms. The summed E-state index contributed by atoms with van der Waals surface area (Å²) in [5.74, 6) is -0.630. The molecule has 19 heavy (non-hydrogen) atoms. The van der Waals surface area contributed by atoms with Gasteiger partial charge in [0.15, 0.2) is 0 Å². The number of carbonyl (C=O) groups excluding carboxylic acids is 2. The molecule has 0 aromatic heterocycles. The van der Waals surface area contributed by atoms with Crippen molar-refractivity contribution in [2.75, 3.05) is 30.8 Å². The first-order valence-corrected chi connectivity index (χ1v) is 6.14. The largest absolute Gasteiger partial charge is 0.397 e. The maximum absolute atomic E-state index is 11.5. The van der Waals surface area contributed by atoms with E-state index in [4.69, 9.17) is 11.5 Å². The van der Waals surface area contributed by atoms with Gasteiger partial charge >= 0.3 is 0 Å². The van der Waals surface area contributed by atoms with E-state index < -0.39 is 5.91 Å². The van der Waals surface area contributed by atoms with Crippen molar-refractivity contribution in [1.29, 1.82) is 0 Å². The van der Waals surface area contributed by atoms with Crippen molar-refractivity contribution in [3.63, 3.8) is 0 Å². The average Bonchev–Trinajstić information content (AvgIpc) is 2.38. The maximum Gasteiger partial charge on any atom is 0.248 e. The highest BCUT2D eigenvalue weighted by Gasteiger charge is 2.14. The number of anilines is 2. The number of nitrogen functional groups attached to an aromatic ring is 1. The lowest BCUT2D eigenvalue weighted by Gasteiger charge is -2.25. The van der Waals surface area contributed by atoms with Gasteiger partial charge in [-0.25, -0.2) is 0 Å².